The second-order valence-electron chi connectivity index (χ2n) is 4.17. The van der Waals surface area contributed by atoms with Gasteiger partial charge in [0.15, 0.2) is 0 Å². The van der Waals surface area contributed by atoms with Crippen LogP contribution in [0.25, 0.3) is 0 Å². The van der Waals surface area contributed by atoms with Crippen molar-refractivity contribution in [3.8, 4) is 0 Å². The lowest BCUT2D eigenvalue weighted by molar-refractivity contribution is 0.907. The summed E-state index contributed by atoms with van der Waals surface area (Å²) in [4.78, 5) is 0. The van der Waals surface area contributed by atoms with Crippen LogP contribution in [-0.2, 0) is 0 Å². The number of rotatable bonds is 8. The Morgan fingerprint density at radius 2 is 0.500 bits per heavy atom. The van der Waals surface area contributed by atoms with E-state index in [2.05, 4.69) is 118 Å². The Morgan fingerprint density at radius 3 is 0.500 bits per heavy atom. The van der Waals surface area contributed by atoms with Crippen molar-refractivity contribution in [3.05, 3.63) is 0 Å². The van der Waals surface area contributed by atoms with Gasteiger partial charge >= 0.3 is 0 Å². The quantitative estimate of drug-likeness (QED) is 0.200. The Hall–Kier alpha value is 3.79. The van der Waals surface area contributed by atoms with Gasteiger partial charge in [-0.05, 0) is 87.3 Å². The van der Waals surface area contributed by atoms with E-state index in [1.54, 1.807) is 0 Å². The van der Waals surface area contributed by atoms with Crippen LogP contribution >= 0.6 is 90.4 Å². The van der Waals surface area contributed by atoms with Gasteiger partial charge in [0.1, 0.15) is 0 Å². The van der Waals surface area contributed by atoms with Crippen LogP contribution in [0.5, 0.6) is 0 Å². The third-order valence-electron chi connectivity index (χ3n) is 1.95. The van der Waals surface area contributed by atoms with Crippen LogP contribution in [0.2, 0.25) is 0 Å². The Labute approximate surface area is 227 Å². The lowest BCUT2D eigenvalue weighted by Crippen LogP contribution is -1.64. The molecule has 0 radical (unpaired) electrons. The van der Waals surface area contributed by atoms with Crippen LogP contribution in [0.1, 0.15) is 79.1 Å². The van der Waals surface area contributed by atoms with Gasteiger partial charge in [0.05, 0.1) is 0 Å². The molecule has 0 aliphatic rings. The topological polar surface area (TPSA) is 0 Å². The van der Waals surface area contributed by atoms with E-state index in [0.717, 1.165) is 0 Å². The average Bonchev–Trinajstić information content (AvgIpc) is 2.44. The maximum atomic E-state index is 2.39. The summed E-state index contributed by atoms with van der Waals surface area (Å²) in [6.45, 7) is 8.83. The monoisotopic (exact) mass is 864 g/mol. The van der Waals surface area contributed by atoms with Gasteiger partial charge in [-0.15, -0.1) is 0 Å². The molecule has 0 fully saturated rings. The molecule has 0 saturated carbocycles. The maximum Gasteiger partial charge on any atom is -0.000483 e. The van der Waals surface area contributed by atoms with Crippen LogP contribution in [0.15, 0.2) is 0 Å². The number of halogens is 4. The third kappa shape index (κ3) is 114. The van der Waals surface area contributed by atoms with Crippen molar-refractivity contribution in [2.24, 2.45) is 0 Å². The summed E-state index contributed by atoms with van der Waals surface area (Å²) >= 11 is 9.55. The minimum Gasteiger partial charge on any atom is -0.0864 e. The van der Waals surface area contributed by atoms with E-state index in [1.807, 2.05) is 0 Å². The lowest BCUT2D eigenvalue weighted by Gasteiger charge is -1.77. The molecule has 0 atom stereocenters. The first-order valence-electron chi connectivity index (χ1n) is 7.90. The first-order valence-corrected chi connectivity index (χ1v) is 14.0. The van der Waals surface area contributed by atoms with Crippen molar-refractivity contribution in [2.75, 3.05) is 17.7 Å². The summed E-state index contributed by atoms with van der Waals surface area (Å²) in [6.07, 6.45) is 10.8. The van der Waals surface area contributed by atoms with E-state index in [9.17, 15) is 0 Å². The first-order chi connectivity index (χ1) is 9.66. The van der Waals surface area contributed by atoms with Gasteiger partial charge in [0.25, 0.3) is 0 Å². The number of hydrogen-bond acceptors (Lipinski definition) is 0. The highest BCUT2D eigenvalue weighted by atomic mass is 127. The molecule has 0 rings (SSSR count). The van der Waals surface area contributed by atoms with Crippen molar-refractivity contribution in [3.63, 3.8) is 0 Å². The number of hydrogen-bond donors (Lipinski definition) is 0. The normalized spacial score (nSPS) is 7.00. The van der Waals surface area contributed by atoms with Crippen molar-refractivity contribution in [2.45, 2.75) is 79.1 Å². The molecule has 0 aliphatic carbocycles. The number of unbranched alkanes of at least 4 members (excludes halogenated alkanes) is 4. The Morgan fingerprint density at radius 1 is 0.375 bits per heavy atom. The second-order valence-corrected chi connectivity index (χ2v) is 8.49. The highest BCUT2D eigenvalue weighted by Gasteiger charge is 1.71. The van der Waals surface area contributed by atoms with Crippen LogP contribution in [-0.4, -0.2) is 61.6 Å². The highest BCUT2D eigenvalue weighted by molar-refractivity contribution is 14.1. The van der Waals surface area contributed by atoms with E-state index >= 15 is 0 Å². The zero-order valence-electron chi connectivity index (χ0n) is 14.0. The van der Waals surface area contributed by atoms with E-state index in [0.29, 0.717) is 0 Å². The number of alkyl halides is 4. The van der Waals surface area contributed by atoms with Crippen molar-refractivity contribution in [1.29, 1.82) is 0 Å². The summed E-state index contributed by atoms with van der Waals surface area (Å²) in [5.41, 5.74) is 0. The van der Waals surface area contributed by atoms with E-state index in [4.69, 9.17) is 0 Å². The second kappa shape index (κ2) is 71.5. The Balaban J connectivity index is -0.0000000225. The molecule has 0 bridgehead atoms. The molecule has 8 heteroatoms. The van der Waals surface area contributed by atoms with Crippen LogP contribution < -0.4 is 0 Å². The SMILES string of the molecule is CCCCI.CCCCI.CCCCI.CCCCI.[SiH4].[SiH4].[SiH4].[SiH4]. The highest BCUT2D eigenvalue weighted by Crippen LogP contribution is 1.91. The summed E-state index contributed by atoms with van der Waals surface area (Å²) in [6, 6.07) is 0. The molecular formula is C16H52I4Si4. The zero-order chi connectivity index (χ0) is 16.5. The first kappa shape index (κ1) is 50.9. The molecule has 0 aromatic rings. The molecule has 0 heterocycles. The van der Waals surface area contributed by atoms with Gasteiger partial charge < -0.3 is 0 Å². The Kier molecular flexibility index (Phi) is 152. The standard InChI is InChI=1S/4C4H9I.4H4Si/c4*1-2-3-4-5;;;;/h4*2-4H2,1H3;4*1H4. The molecule has 0 aromatic carbocycles. The lowest BCUT2D eigenvalue weighted by atomic mass is 10.4. The third-order valence-corrected chi connectivity index (χ3v) is 5.00. The zero-order valence-corrected chi connectivity index (χ0v) is 22.6. The van der Waals surface area contributed by atoms with E-state index < -0.39 is 0 Å². The fourth-order valence-corrected chi connectivity index (χ4v) is 3.59. The van der Waals surface area contributed by atoms with Crippen LogP contribution in [0.4, 0.5) is 0 Å². The van der Waals surface area contributed by atoms with Gasteiger partial charge in [0.2, 0.25) is 0 Å². The molecule has 0 aliphatic heterocycles. The fraction of sp³-hybridized carbons (Fsp3) is 1.00. The molecule has 0 spiro atoms. The minimum absolute atomic E-state index is 0. The molecular weight excluding hydrogens is 812 g/mol. The van der Waals surface area contributed by atoms with Gasteiger partial charge in [-0.1, -0.05) is 144 Å². The van der Waals surface area contributed by atoms with Gasteiger partial charge in [-0.3, -0.25) is 0 Å². The fourth-order valence-electron chi connectivity index (χ4n) is 0.535. The molecule has 0 aromatic heterocycles. The van der Waals surface area contributed by atoms with Gasteiger partial charge in [-0.2, -0.15) is 0 Å². The predicted octanol–water partition coefficient (Wildman–Crippen LogP) is 3.08. The molecule has 160 valence electrons. The molecule has 0 N–H and O–H groups in total. The molecule has 0 amide bonds. The summed E-state index contributed by atoms with van der Waals surface area (Å²) < 4.78 is 5.26. The summed E-state index contributed by atoms with van der Waals surface area (Å²) in [5.74, 6) is 0. The molecule has 0 saturated heterocycles. The van der Waals surface area contributed by atoms with Crippen molar-refractivity contribution < 1.29 is 0 Å². The van der Waals surface area contributed by atoms with Crippen LogP contribution in [0.3, 0.4) is 0 Å². The molecule has 24 heavy (non-hydrogen) atoms. The van der Waals surface area contributed by atoms with Crippen molar-refractivity contribution >= 4 is 134 Å². The van der Waals surface area contributed by atoms with Crippen molar-refractivity contribution in [1.82, 2.24) is 0 Å². The molecule has 0 unspecified atom stereocenters. The van der Waals surface area contributed by atoms with Gasteiger partial charge in [-0.25, -0.2) is 0 Å². The van der Waals surface area contributed by atoms with E-state index in [-0.39, 0.29) is 43.9 Å². The average molecular weight is 865 g/mol. The van der Waals surface area contributed by atoms with Gasteiger partial charge in [0, 0.05) is 0 Å². The van der Waals surface area contributed by atoms with E-state index in [1.165, 1.54) is 69.1 Å². The largest absolute Gasteiger partial charge is 0.0864 e. The summed E-state index contributed by atoms with van der Waals surface area (Å²) in [7, 11) is 0. The minimum atomic E-state index is 0. The predicted molar refractivity (Wildman–Crippen MR) is 181 cm³/mol. The Bertz CT molecular complexity index is 84.1. The maximum absolute atomic E-state index is 2.39. The molecule has 0 nitrogen and oxygen atoms in total. The summed E-state index contributed by atoms with van der Waals surface area (Å²) in [5, 5.41) is 0. The van der Waals surface area contributed by atoms with Crippen LogP contribution in [0, 0.1) is 0 Å². The smallest absolute Gasteiger partial charge is 0.000483 e.